The van der Waals surface area contributed by atoms with Crippen LogP contribution >= 0.6 is 0 Å². The minimum absolute atomic E-state index is 0.00982. The number of para-hydroxylation sites is 1. The number of carbonyl (C=O) groups is 2. The maximum Gasteiger partial charge on any atom is 0.322 e. The van der Waals surface area contributed by atoms with Crippen LogP contribution in [-0.4, -0.2) is 43.0 Å². The van der Waals surface area contributed by atoms with Gasteiger partial charge >= 0.3 is 5.97 Å². The van der Waals surface area contributed by atoms with Crippen molar-refractivity contribution in [3.63, 3.8) is 0 Å². The topological polar surface area (TPSA) is 125 Å². The van der Waals surface area contributed by atoms with E-state index in [-0.39, 0.29) is 11.3 Å². The Morgan fingerprint density at radius 2 is 1.73 bits per heavy atom. The second-order valence-corrected chi connectivity index (χ2v) is 8.51. The molecule has 0 aliphatic heterocycles. The monoisotopic (exact) mass is 427 g/mol. The molecule has 3 aromatic rings. The first-order valence-corrected chi connectivity index (χ1v) is 10.7. The lowest BCUT2D eigenvalue weighted by Gasteiger charge is -2.18. The van der Waals surface area contributed by atoms with Gasteiger partial charge in [0.1, 0.15) is 12.6 Å². The molecule has 0 aliphatic rings. The van der Waals surface area contributed by atoms with Crippen LogP contribution in [0, 0.1) is 6.92 Å². The predicted molar refractivity (Wildman–Crippen MR) is 111 cm³/mol. The number of aromatic nitrogens is 1. The van der Waals surface area contributed by atoms with Gasteiger partial charge in [0.05, 0.1) is 10.4 Å². The number of rotatable bonds is 8. The van der Waals surface area contributed by atoms with Gasteiger partial charge in [-0.15, -0.1) is 0 Å². The van der Waals surface area contributed by atoms with Gasteiger partial charge < -0.3 is 10.4 Å². The molecule has 0 bridgehead atoms. The quantitative estimate of drug-likeness (QED) is 0.502. The van der Waals surface area contributed by atoms with Crippen molar-refractivity contribution in [2.75, 3.05) is 6.54 Å². The highest BCUT2D eigenvalue weighted by Gasteiger charge is 2.27. The van der Waals surface area contributed by atoms with Crippen LogP contribution in [0.3, 0.4) is 0 Å². The van der Waals surface area contributed by atoms with E-state index >= 15 is 0 Å². The average Bonchev–Trinajstić information content (AvgIpc) is 2.71. The Balaban J connectivity index is 1.87. The fourth-order valence-corrected chi connectivity index (χ4v) is 4.07. The molecule has 1 aromatic heterocycles. The number of carboxylic acid groups (broad SMARTS) is 1. The Morgan fingerprint density at radius 1 is 1.03 bits per heavy atom. The number of pyridine rings is 1. The number of nitrogens with zero attached hydrogens (tertiary/aromatic N) is 1. The third kappa shape index (κ3) is 5.40. The summed E-state index contributed by atoms with van der Waals surface area (Å²) in [7, 11) is -4.01. The van der Waals surface area contributed by atoms with Crippen molar-refractivity contribution in [2.24, 2.45) is 0 Å². The van der Waals surface area contributed by atoms with Crippen LogP contribution < -0.4 is 10.0 Å². The van der Waals surface area contributed by atoms with Gasteiger partial charge in [-0.1, -0.05) is 42.0 Å². The normalized spacial score (nSPS) is 12.4. The standard InChI is InChI=1S/C21H21N3O5S/c1-14-6-10-17(11-7-14)30(28,29)24-19(21(27)22-13-20(25)26)12-16-9-8-15-4-2-3-5-18(15)23-16/h2-11,19,24H,12-13H2,1H3,(H,22,27)(H,25,26)/t19-/m0/s1. The van der Waals surface area contributed by atoms with Gasteiger partial charge in [0.25, 0.3) is 0 Å². The van der Waals surface area contributed by atoms with Crippen molar-refractivity contribution >= 4 is 32.8 Å². The summed E-state index contributed by atoms with van der Waals surface area (Å²) in [5.74, 6) is -1.98. The van der Waals surface area contributed by atoms with Crippen molar-refractivity contribution in [1.29, 1.82) is 0 Å². The molecule has 9 heteroatoms. The first-order valence-electron chi connectivity index (χ1n) is 9.18. The zero-order valence-corrected chi connectivity index (χ0v) is 17.0. The Kier molecular flexibility index (Phi) is 6.43. The molecule has 0 unspecified atom stereocenters. The minimum atomic E-state index is -4.01. The second kappa shape index (κ2) is 9.02. The van der Waals surface area contributed by atoms with Gasteiger partial charge in [-0.25, -0.2) is 8.42 Å². The summed E-state index contributed by atoms with van der Waals surface area (Å²) >= 11 is 0. The van der Waals surface area contributed by atoms with Gasteiger partial charge in [-0.05, 0) is 31.2 Å². The van der Waals surface area contributed by atoms with E-state index < -0.39 is 34.5 Å². The maximum absolute atomic E-state index is 12.8. The molecule has 1 amide bonds. The largest absolute Gasteiger partial charge is 0.480 e. The van der Waals surface area contributed by atoms with Gasteiger partial charge in [-0.3, -0.25) is 14.6 Å². The second-order valence-electron chi connectivity index (χ2n) is 6.80. The average molecular weight is 427 g/mol. The van der Waals surface area contributed by atoms with Crippen molar-refractivity contribution in [3.05, 3.63) is 71.9 Å². The number of aryl methyl sites for hydroxylation is 1. The number of benzene rings is 2. The van der Waals surface area contributed by atoms with E-state index in [4.69, 9.17) is 5.11 Å². The Morgan fingerprint density at radius 3 is 2.43 bits per heavy atom. The molecule has 0 aliphatic carbocycles. The number of hydrogen-bond acceptors (Lipinski definition) is 5. The molecule has 1 atom stereocenters. The number of aliphatic carboxylic acids is 1. The number of amides is 1. The molecule has 3 rings (SSSR count). The molecule has 1 heterocycles. The molecule has 0 saturated carbocycles. The molecular formula is C21H21N3O5S. The first-order chi connectivity index (χ1) is 14.2. The molecule has 0 spiro atoms. The van der Waals surface area contributed by atoms with Gasteiger partial charge in [0.15, 0.2) is 0 Å². The van der Waals surface area contributed by atoms with E-state index in [9.17, 15) is 18.0 Å². The van der Waals surface area contributed by atoms with Crippen molar-refractivity contribution in [3.8, 4) is 0 Å². The van der Waals surface area contributed by atoms with Crippen LogP contribution in [0.2, 0.25) is 0 Å². The number of nitrogens with one attached hydrogen (secondary N) is 2. The lowest BCUT2D eigenvalue weighted by atomic mass is 10.1. The SMILES string of the molecule is Cc1ccc(S(=O)(=O)N[C@@H](Cc2ccc3ccccc3n2)C(=O)NCC(=O)O)cc1. The molecule has 2 aromatic carbocycles. The van der Waals surface area contributed by atoms with E-state index in [1.165, 1.54) is 12.1 Å². The minimum Gasteiger partial charge on any atom is -0.480 e. The van der Waals surface area contributed by atoms with Gasteiger partial charge in [0, 0.05) is 17.5 Å². The molecule has 0 saturated heterocycles. The van der Waals surface area contributed by atoms with Crippen molar-refractivity contribution in [2.45, 2.75) is 24.3 Å². The third-order valence-electron chi connectivity index (χ3n) is 4.43. The van der Waals surface area contributed by atoms with E-state index in [0.717, 1.165) is 10.9 Å². The fraction of sp³-hybridized carbons (Fsp3) is 0.190. The van der Waals surface area contributed by atoms with Gasteiger partial charge in [-0.2, -0.15) is 4.72 Å². The molecule has 0 radical (unpaired) electrons. The smallest absolute Gasteiger partial charge is 0.322 e. The molecule has 0 fully saturated rings. The molecule has 8 nitrogen and oxygen atoms in total. The Labute approximate surface area is 174 Å². The molecule has 156 valence electrons. The summed E-state index contributed by atoms with van der Waals surface area (Å²) < 4.78 is 27.9. The summed E-state index contributed by atoms with van der Waals surface area (Å²) in [6.07, 6.45) is -0.0403. The highest BCUT2D eigenvalue weighted by Crippen LogP contribution is 2.15. The first kappa shape index (κ1) is 21.4. The highest BCUT2D eigenvalue weighted by atomic mass is 32.2. The van der Waals surface area contributed by atoms with E-state index in [2.05, 4.69) is 15.0 Å². The van der Waals surface area contributed by atoms with Gasteiger partial charge in [0.2, 0.25) is 15.9 Å². The maximum atomic E-state index is 12.8. The van der Waals surface area contributed by atoms with Crippen LogP contribution in [-0.2, 0) is 26.0 Å². The number of sulfonamides is 1. The van der Waals surface area contributed by atoms with E-state index in [1.807, 2.05) is 37.3 Å². The lowest BCUT2D eigenvalue weighted by Crippen LogP contribution is -2.49. The molecule has 3 N–H and O–H groups in total. The fourth-order valence-electron chi connectivity index (χ4n) is 2.88. The summed E-state index contributed by atoms with van der Waals surface area (Å²) in [6.45, 7) is 1.21. The summed E-state index contributed by atoms with van der Waals surface area (Å²) in [5.41, 5.74) is 2.10. The van der Waals surface area contributed by atoms with E-state index in [1.54, 1.807) is 18.2 Å². The van der Waals surface area contributed by atoms with Crippen LogP contribution in [0.25, 0.3) is 10.9 Å². The van der Waals surface area contributed by atoms with Crippen LogP contribution in [0.1, 0.15) is 11.3 Å². The lowest BCUT2D eigenvalue weighted by molar-refractivity contribution is -0.138. The van der Waals surface area contributed by atoms with Crippen LogP contribution in [0.4, 0.5) is 0 Å². The van der Waals surface area contributed by atoms with Crippen LogP contribution in [0.15, 0.2) is 65.6 Å². The number of carbonyl (C=O) groups excluding carboxylic acids is 1. The number of carboxylic acids is 1. The Bertz CT molecular complexity index is 1180. The Hall–Kier alpha value is -3.30. The van der Waals surface area contributed by atoms with E-state index in [0.29, 0.717) is 11.2 Å². The van der Waals surface area contributed by atoms with Crippen molar-refractivity contribution < 1.29 is 23.1 Å². The summed E-state index contributed by atoms with van der Waals surface area (Å²) in [5, 5.41) is 12.0. The number of hydrogen-bond donors (Lipinski definition) is 3. The van der Waals surface area contributed by atoms with Crippen molar-refractivity contribution in [1.82, 2.24) is 15.0 Å². The zero-order valence-electron chi connectivity index (χ0n) is 16.2. The number of fused-ring (bicyclic) bond motifs is 1. The molecule has 30 heavy (non-hydrogen) atoms. The summed E-state index contributed by atoms with van der Waals surface area (Å²) in [4.78, 5) is 27.8. The third-order valence-corrected chi connectivity index (χ3v) is 5.92. The highest BCUT2D eigenvalue weighted by molar-refractivity contribution is 7.89. The summed E-state index contributed by atoms with van der Waals surface area (Å²) in [6, 6.07) is 15.9. The predicted octanol–water partition coefficient (Wildman–Crippen LogP) is 1.63. The van der Waals surface area contributed by atoms with Crippen LogP contribution in [0.5, 0.6) is 0 Å². The molecular weight excluding hydrogens is 406 g/mol. The zero-order chi connectivity index (χ0) is 21.7.